The van der Waals surface area contributed by atoms with Crippen LogP contribution in [0.1, 0.15) is 33.6 Å². The number of nitrogens with one attached hydrogen (secondary N) is 1. The molecule has 1 amide bonds. The van der Waals surface area contributed by atoms with E-state index in [1.54, 1.807) is 0 Å². The average molecular weight is 311 g/mol. The molecule has 0 heterocycles. The second kappa shape index (κ2) is 11.6. The molecule has 114 valence electrons. The lowest BCUT2D eigenvalue weighted by atomic mass is 10.2. The van der Waals surface area contributed by atoms with Crippen LogP contribution in [0.5, 0.6) is 0 Å². The van der Waals surface area contributed by atoms with Crippen molar-refractivity contribution in [3.8, 4) is 0 Å². The van der Waals surface area contributed by atoms with Crippen LogP contribution in [0.4, 0.5) is 0 Å². The van der Waals surface area contributed by atoms with Crippen molar-refractivity contribution in [2.45, 2.75) is 33.6 Å². The van der Waals surface area contributed by atoms with Gasteiger partial charge in [-0.25, -0.2) is 0 Å². The number of rotatable bonds is 10. The van der Waals surface area contributed by atoms with Gasteiger partial charge >= 0.3 is 0 Å². The highest BCUT2D eigenvalue weighted by atomic mass is 35.5. The van der Waals surface area contributed by atoms with E-state index in [2.05, 4.69) is 32.7 Å². The Morgan fingerprint density at radius 3 is 2.11 bits per heavy atom. The number of carbonyl (C=O) groups excluding carboxylic acids is 1. The second-order valence-corrected chi connectivity index (χ2v) is 4.98. The van der Waals surface area contributed by atoms with Crippen LogP contribution in [0.25, 0.3) is 0 Å². The van der Waals surface area contributed by atoms with Crippen molar-refractivity contribution in [1.29, 1.82) is 0 Å². The molecule has 0 aromatic carbocycles. The highest BCUT2D eigenvalue weighted by molar-refractivity contribution is 6.22. The van der Waals surface area contributed by atoms with Crippen molar-refractivity contribution in [3.63, 3.8) is 0 Å². The maximum Gasteiger partial charge on any atom is 0.247 e. The molecule has 0 spiro atoms. The molecule has 1 N–H and O–H groups in total. The Morgan fingerprint density at radius 1 is 1.16 bits per heavy atom. The average Bonchev–Trinajstić information content (AvgIpc) is 2.42. The molecule has 3 nitrogen and oxygen atoms in total. The van der Waals surface area contributed by atoms with Crippen molar-refractivity contribution in [2.75, 3.05) is 38.6 Å². The largest absolute Gasteiger partial charge is 1.00 e. The monoisotopic (exact) mass is 310 g/mol. The molecule has 5 heteroatoms. The summed E-state index contributed by atoms with van der Waals surface area (Å²) >= 11 is 5.54. The van der Waals surface area contributed by atoms with Crippen molar-refractivity contribution in [3.05, 3.63) is 12.2 Å². The van der Waals surface area contributed by atoms with Crippen LogP contribution >= 0.6 is 11.6 Å². The van der Waals surface area contributed by atoms with E-state index in [1.807, 2.05) is 0 Å². The Balaban J connectivity index is 0. The summed E-state index contributed by atoms with van der Waals surface area (Å²) in [6.45, 7) is 15.8. The molecule has 0 bridgehead atoms. The van der Waals surface area contributed by atoms with E-state index in [-0.39, 0.29) is 24.2 Å². The Hall–Kier alpha value is -0.250. The van der Waals surface area contributed by atoms with Crippen LogP contribution in [-0.4, -0.2) is 49.0 Å². The first-order valence-electron chi connectivity index (χ1n) is 6.92. The molecule has 0 aromatic rings. The third kappa shape index (κ3) is 7.81. The van der Waals surface area contributed by atoms with Gasteiger partial charge in [0.1, 0.15) is 0 Å². The molecule has 0 atom stereocenters. The minimum absolute atomic E-state index is 0. The molecule has 0 rings (SSSR count). The van der Waals surface area contributed by atoms with Gasteiger partial charge in [0.25, 0.3) is 0 Å². The van der Waals surface area contributed by atoms with Gasteiger partial charge in [-0.1, -0.05) is 6.58 Å². The zero-order valence-electron chi connectivity index (χ0n) is 12.5. The quantitative estimate of drug-likeness (QED) is 0.252. The predicted octanol–water partition coefficient (Wildman–Crippen LogP) is -0.442. The number of halogens is 2. The predicted molar refractivity (Wildman–Crippen MR) is 78.9 cm³/mol. The van der Waals surface area contributed by atoms with Crippen molar-refractivity contribution >= 4 is 17.5 Å². The molecule has 0 aliphatic heterocycles. The first kappa shape index (κ1) is 21.1. The minimum atomic E-state index is -0.118. The zero-order valence-corrected chi connectivity index (χ0v) is 14.0. The van der Waals surface area contributed by atoms with Crippen molar-refractivity contribution in [1.82, 2.24) is 5.32 Å². The standard InChI is InChI=1S/C14H27ClN2O.ClH/c1-5-17(6-2,7-3)11-9-8-10-16-14(18)13(4)12-15;/h4-12H2,1-3H3;1H. The van der Waals surface area contributed by atoms with Crippen molar-refractivity contribution < 1.29 is 21.7 Å². The third-order valence-electron chi connectivity index (χ3n) is 3.84. The van der Waals surface area contributed by atoms with E-state index < -0.39 is 0 Å². The lowest BCUT2D eigenvalue weighted by Crippen LogP contribution is -3.00. The van der Waals surface area contributed by atoms with E-state index in [9.17, 15) is 4.79 Å². The van der Waals surface area contributed by atoms with Gasteiger partial charge in [0.15, 0.2) is 0 Å². The van der Waals surface area contributed by atoms with Gasteiger partial charge in [-0.15, -0.1) is 11.6 Å². The number of carbonyl (C=O) groups is 1. The fourth-order valence-electron chi connectivity index (χ4n) is 2.10. The highest BCUT2D eigenvalue weighted by Gasteiger charge is 2.19. The van der Waals surface area contributed by atoms with Crippen LogP contribution in [-0.2, 0) is 4.79 Å². The van der Waals surface area contributed by atoms with E-state index in [1.165, 1.54) is 30.7 Å². The second-order valence-electron chi connectivity index (χ2n) is 4.71. The molecule has 0 aromatic heterocycles. The van der Waals surface area contributed by atoms with Crippen LogP contribution in [0.2, 0.25) is 0 Å². The van der Waals surface area contributed by atoms with Crippen LogP contribution in [0.15, 0.2) is 12.2 Å². The van der Waals surface area contributed by atoms with E-state index in [0.29, 0.717) is 12.1 Å². The van der Waals surface area contributed by atoms with Gasteiger partial charge in [-0.3, -0.25) is 4.79 Å². The summed E-state index contributed by atoms with van der Waals surface area (Å²) in [4.78, 5) is 11.4. The van der Waals surface area contributed by atoms with Crippen LogP contribution in [0, 0.1) is 0 Å². The number of quaternary nitrogens is 1. The molecule has 0 aliphatic carbocycles. The van der Waals surface area contributed by atoms with Gasteiger partial charge in [0.2, 0.25) is 5.91 Å². The fourth-order valence-corrected chi connectivity index (χ4v) is 2.23. The van der Waals surface area contributed by atoms with Crippen LogP contribution < -0.4 is 17.7 Å². The minimum Gasteiger partial charge on any atom is -1.00 e. The summed E-state index contributed by atoms with van der Waals surface area (Å²) < 4.78 is 1.17. The number of hydrogen-bond donors (Lipinski definition) is 1. The maximum atomic E-state index is 11.4. The van der Waals surface area contributed by atoms with E-state index in [4.69, 9.17) is 11.6 Å². The van der Waals surface area contributed by atoms with Gasteiger partial charge in [0.05, 0.1) is 32.1 Å². The number of unbranched alkanes of at least 4 members (excludes halogenated alkanes) is 1. The molecule has 0 saturated carbocycles. The summed E-state index contributed by atoms with van der Waals surface area (Å²) in [5, 5.41) is 2.84. The molecular weight excluding hydrogens is 283 g/mol. The Labute approximate surface area is 129 Å². The summed E-state index contributed by atoms with van der Waals surface area (Å²) in [5.74, 6) is 0.0834. The summed E-state index contributed by atoms with van der Waals surface area (Å²) in [6.07, 6.45) is 2.16. The highest BCUT2D eigenvalue weighted by Crippen LogP contribution is 2.08. The molecule has 0 saturated heterocycles. The van der Waals surface area contributed by atoms with Gasteiger partial charge in [-0.05, 0) is 33.6 Å². The first-order chi connectivity index (χ1) is 8.55. The third-order valence-corrected chi connectivity index (χ3v) is 4.16. The first-order valence-corrected chi connectivity index (χ1v) is 7.45. The molecule has 0 radical (unpaired) electrons. The maximum absolute atomic E-state index is 11.4. The Kier molecular flexibility index (Phi) is 12.8. The van der Waals surface area contributed by atoms with Gasteiger partial charge in [-0.2, -0.15) is 0 Å². The molecule has 0 unspecified atom stereocenters. The van der Waals surface area contributed by atoms with Crippen molar-refractivity contribution in [2.24, 2.45) is 0 Å². The molecule has 0 aliphatic rings. The van der Waals surface area contributed by atoms with Gasteiger partial charge < -0.3 is 22.2 Å². The normalized spacial score (nSPS) is 10.7. The SMILES string of the molecule is C=C(CCl)C(=O)NCCCC[N+](CC)(CC)CC.[Cl-]. The number of nitrogens with zero attached hydrogens (tertiary/aromatic N) is 1. The van der Waals surface area contributed by atoms with Crippen LogP contribution in [0.3, 0.4) is 0 Å². The topological polar surface area (TPSA) is 29.1 Å². The number of amides is 1. The fraction of sp³-hybridized carbons (Fsp3) is 0.786. The Bertz CT molecular complexity index is 258. The Morgan fingerprint density at radius 2 is 1.68 bits per heavy atom. The zero-order chi connectivity index (χ0) is 14.0. The molecule has 0 fully saturated rings. The van der Waals surface area contributed by atoms with E-state index >= 15 is 0 Å². The summed E-state index contributed by atoms with van der Waals surface area (Å²) in [6, 6.07) is 0. The lowest BCUT2D eigenvalue weighted by Gasteiger charge is -2.35. The summed E-state index contributed by atoms with van der Waals surface area (Å²) in [5.41, 5.74) is 0.442. The van der Waals surface area contributed by atoms with E-state index in [0.717, 1.165) is 12.8 Å². The molecular formula is C14H28Cl2N2O. The number of hydrogen-bond acceptors (Lipinski definition) is 1. The molecule has 19 heavy (non-hydrogen) atoms. The van der Waals surface area contributed by atoms with Gasteiger partial charge in [0, 0.05) is 12.1 Å². The lowest BCUT2D eigenvalue weighted by molar-refractivity contribution is -0.923. The number of alkyl halides is 1. The smallest absolute Gasteiger partial charge is 0.247 e. The summed E-state index contributed by atoms with van der Waals surface area (Å²) in [7, 11) is 0.